The van der Waals surface area contributed by atoms with Crippen LogP contribution in [0.5, 0.6) is 0 Å². The first-order valence-corrected chi connectivity index (χ1v) is 8.26. The van der Waals surface area contributed by atoms with Crippen LogP contribution in [0.25, 0.3) is 0 Å². The van der Waals surface area contributed by atoms with Gasteiger partial charge < -0.3 is 14.6 Å². The lowest BCUT2D eigenvalue weighted by Gasteiger charge is -2.32. The van der Waals surface area contributed by atoms with E-state index in [0.717, 1.165) is 29.5 Å². The first kappa shape index (κ1) is 16.3. The van der Waals surface area contributed by atoms with Gasteiger partial charge in [-0.1, -0.05) is 12.1 Å². The molecule has 1 saturated heterocycles. The first-order chi connectivity index (χ1) is 11.6. The fourth-order valence-corrected chi connectivity index (χ4v) is 3.04. The maximum atomic E-state index is 12.5. The molecule has 0 atom stereocenters. The van der Waals surface area contributed by atoms with Crippen LogP contribution in [0.3, 0.4) is 0 Å². The van der Waals surface area contributed by atoms with E-state index >= 15 is 0 Å². The highest BCUT2D eigenvalue weighted by atomic mass is 16.3. The van der Waals surface area contributed by atoms with Gasteiger partial charge in [0.2, 0.25) is 0 Å². The molecule has 126 valence electrons. The largest absolute Gasteiger partial charge is 0.459 e. The molecule has 2 heterocycles. The highest BCUT2D eigenvalue weighted by Gasteiger charge is 2.26. The molecular formula is C19H22N2O3. The topological polar surface area (TPSA) is 62.6 Å². The third-order valence-corrected chi connectivity index (χ3v) is 4.70. The molecule has 0 aliphatic carbocycles. The Kier molecular flexibility index (Phi) is 4.69. The van der Waals surface area contributed by atoms with Gasteiger partial charge in [-0.25, -0.2) is 0 Å². The van der Waals surface area contributed by atoms with Crippen LogP contribution in [0.15, 0.2) is 41.0 Å². The molecular weight excluding hydrogens is 304 g/mol. The number of hydrogen-bond acceptors (Lipinski definition) is 3. The minimum atomic E-state index is -0.0840. The molecule has 0 unspecified atom stereocenters. The normalized spacial score (nSPS) is 15.3. The molecule has 3 rings (SSSR count). The lowest BCUT2D eigenvalue weighted by Crippen LogP contribution is -2.46. The average molecular weight is 326 g/mol. The van der Waals surface area contributed by atoms with Gasteiger partial charge in [0.25, 0.3) is 11.8 Å². The molecule has 0 bridgehead atoms. The fraction of sp³-hybridized carbons (Fsp3) is 0.368. The second-order valence-electron chi connectivity index (χ2n) is 6.26. The number of benzene rings is 1. The van der Waals surface area contributed by atoms with E-state index in [9.17, 15) is 9.59 Å². The van der Waals surface area contributed by atoms with E-state index in [1.54, 1.807) is 17.0 Å². The summed E-state index contributed by atoms with van der Waals surface area (Å²) in [6.07, 6.45) is 3.01. The third-order valence-electron chi connectivity index (χ3n) is 4.70. The summed E-state index contributed by atoms with van der Waals surface area (Å²) in [5.74, 6) is 0.249. The highest BCUT2D eigenvalue weighted by molar-refractivity contribution is 5.96. The Hall–Kier alpha value is -2.56. The Morgan fingerprint density at radius 1 is 1.12 bits per heavy atom. The number of rotatable bonds is 3. The second kappa shape index (κ2) is 6.91. The molecule has 0 spiro atoms. The molecule has 24 heavy (non-hydrogen) atoms. The molecule has 1 N–H and O–H groups in total. The number of likely N-dealkylation sites (tertiary alicyclic amines) is 1. The van der Waals surface area contributed by atoms with Crippen molar-refractivity contribution < 1.29 is 14.0 Å². The van der Waals surface area contributed by atoms with E-state index in [-0.39, 0.29) is 17.9 Å². The van der Waals surface area contributed by atoms with Crippen molar-refractivity contribution in [2.45, 2.75) is 32.7 Å². The number of carbonyl (C=O) groups is 2. The molecule has 1 aliphatic heterocycles. The summed E-state index contributed by atoms with van der Waals surface area (Å²) < 4.78 is 5.16. The van der Waals surface area contributed by atoms with Crippen LogP contribution >= 0.6 is 0 Å². The lowest BCUT2D eigenvalue weighted by atomic mass is 10.0. The van der Waals surface area contributed by atoms with E-state index in [0.29, 0.717) is 18.8 Å². The van der Waals surface area contributed by atoms with Crippen molar-refractivity contribution in [3.63, 3.8) is 0 Å². The zero-order valence-electron chi connectivity index (χ0n) is 14.0. The van der Waals surface area contributed by atoms with Gasteiger partial charge in [-0.2, -0.15) is 0 Å². The standard InChI is InChI=1S/C19H22N2O3/c1-13-5-3-6-16(14(13)2)18(22)20-15-8-10-21(11-9-15)19(23)17-7-4-12-24-17/h3-7,12,15H,8-11H2,1-2H3,(H,20,22). The van der Waals surface area contributed by atoms with Crippen molar-refractivity contribution in [2.24, 2.45) is 0 Å². The van der Waals surface area contributed by atoms with Crippen molar-refractivity contribution in [1.82, 2.24) is 10.2 Å². The Labute approximate surface area is 141 Å². The Morgan fingerprint density at radius 3 is 2.54 bits per heavy atom. The average Bonchev–Trinajstić information content (AvgIpc) is 3.12. The molecule has 5 nitrogen and oxygen atoms in total. The van der Waals surface area contributed by atoms with Gasteiger partial charge in [0.1, 0.15) is 0 Å². The van der Waals surface area contributed by atoms with Crippen LogP contribution in [0.2, 0.25) is 0 Å². The number of aryl methyl sites for hydroxylation is 1. The summed E-state index contributed by atoms with van der Waals surface area (Å²) >= 11 is 0. The van der Waals surface area contributed by atoms with Crippen LogP contribution in [-0.4, -0.2) is 35.8 Å². The van der Waals surface area contributed by atoms with Gasteiger partial charge in [0.15, 0.2) is 5.76 Å². The number of nitrogens with one attached hydrogen (secondary N) is 1. The van der Waals surface area contributed by atoms with Crippen LogP contribution in [0.1, 0.15) is 44.9 Å². The van der Waals surface area contributed by atoms with Gasteiger partial charge in [0.05, 0.1) is 6.26 Å². The SMILES string of the molecule is Cc1cccc(C(=O)NC2CCN(C(=O)c3ccco3)CC2)c1C. The van der Waals surface area contributed by atoms with Crippen LogP contribution in [-0.2, 0) is 0 Å². The van der Waals surface area contributed by atoms with E-state index in [1.807, 2.05) is 32.0 Å². The van der Waals surface area contributed by atoms with Crippen LogP contribution in [0.4, 0.5) is 0 Å². The van der Waals surface area contributed by atoms with Crippen molar-refractivity contribution in [2.75, 3.05) is 13.1 Å². The molecule has 1 fully saturated rings. The number of furan rings is 1. The van der Waals surface area contributed by atoms with Crippen molar-refractivity contribution in [3.8, 4) is 0 Å². The Bertz CT molecular complexity index is 729. The zero-order chi connectivity index (χ0) is 17.1. The minimum absolute atomic E-state index is 0.0352. The number of amides is 2. The molecule has 0 radical (unpaired) electrons. The first-order valence-electron chi connectivity index (χ1n) is 8.26. The maximum Gasteiger partial charge on any atom is 0.289 e. The molecule has 1 aliphatic rings. The van der Waals surface area contributed by atoms with Gasteiger partial charge in [-0.15, -0.1) is 0 Å². The monoisotopic (exact) mass is 326 g/mol. The van der Waals surface area contributed by atoms with Crippen LogP contribution in [0, 0.1) is 13.8 Å². The van der Waals surface area contributed by atoms with E-state index < -0.39 is 0 Å². The summed E-state index contributed by atoms with van der Waals surface area (Å²) in [6, 6.07) is 9.25. The smallest absolute Gasteiger partial charge is 0.289 e. The predicted octanol–water partition coefficient (Wildman–Crippen LogP) is 2.93. The summed E-state index contributed by atoms with van der Waals surface area (Å²) in [5.41, 5.74) is 2.85. The third kappa shape index (κ3) is 3.35. The molecule has 5 heteroatoms. The molecule has 2 amide bonds. The molecule has 1 aromatic heterocycles. The van der Waals surface area contributed by atoms with Crippen molar-refractivity contribution >= 4 is 11.8 Å². The van der Waals surface area contributed by atoms with Gasteiger partial charge >= 0.3 is 0 Å². The lowest BCUT2D eigenvalue weighted by molar-refractivity contribution is 0.0667. The van der Waals surface area contributed by atoms with Crippen molar-refractivity contribution in [3.05, 3.63) is 59.0 Å². The number of hydrogen-bond donors (Lipinski definition) is 1. The Morgan fingerprint density at radius 2 is 1.88 bits per heavy atom. The molecule has 0 saturated carbocycles. The summed E-state index contributed by atoms with van der Waals surface area (Å²) in [4.78, 5) is 26.5. The summed E-state index contributed by atoms with van der Waals surface area (Å²) in [5, 5.41) is 3.10. The summed E-state index contributed by atoms with van der Waals surface area (Å²) in [6.45, 7) is 5.22. The number of piperidine rings is 1. The fourth-order valence-electron chi connectivity index (χ4n) is 3.04. The number of nitrogens with zero attached hydrogens (tertiary/aromatic N) is 1. The second-order valence-corrected chi connectivity index (χ2v) is 6.26. The van der Waals surface area contributed by atoms with E-state index in [1.165, 1.54) is 6.26 Å². The van der Waals surface area contributed by atoms with E-state index in [2.05, 4.69) is 5.32 Å². The van der Waals surface area contributed by atoms with E-state index in [4.69, 9.17) is 4.42 Å². The minimum Gasteiger partial charge on any atom is -0.459 e. The molecule has 2 aromatic rings. The van der Waals surface area contributed by atoms with Gasteiger partial charge in [-0.05, 0) is 56.0 Å². The molecule has 1 aromatic carbocycles. The zero-order valence-corrected chi connectivity index (χ0v) is 14.0. The number of carbonyl (C=O) groups excluding carboxylic acids is 2. The van der Waals surface area contributed by atoms with Gasteiger partial charge in [0, 0.05) is 24.7 Å². The summed E-state index contributed by atoms with van der Waals surface area (Å²) in [7, 11) is 0. The van der Waals surface area contributed by atoms with Crippen LogP contribution < -0.4 is 5.32 Å². The van der Waals surface area contributed by atoms with Crippen molar-refractivity contribution in [1.29, 1.82) is 0 Å². The predicted molar refractivity (Wildman–Crippen MR) is 91.0 cm³/mol. The quantitative estimate of drug-likeness (QED) is 0.943. The maximum absolute atomic E-state index is 12.5. The van der Waals surface area contributed by atoms with Gasteiger partial charge in [-0.3, -0.25) is 9.59 Å². The Balaban J connectivity index is 1.56. The highest BCUT2D eigenvalue weighted by Crippen LogP contribution is 2.17.